The molecule has 0 radical (unpaired) electrons. The summed E-state index contributed by atoms with van der Waals surface area (Å²) in [5.41, 5.74) is 8.13. The number of hydrogen-bond acceptors (Lipinski definition) is 16. The minimum absolute atomic E-state index is 0.0152. The van der Waals surface area contributed by atoms with E-state index in [1.165, 1.54) is 46.5 Å². The molecule has 5 rings (SSSR count). The molecule has 4 heterocycles. The number of nitrogens with two attached hydrogens (primary N) is 1. The number of anilines is 1. The summed E-state index contributed by atoms with van der Waals surface area (Å²) in [6.45, 7) is 3.28. The zero-order valence-corrected chi connectivity index (χ0v) is 27.6. The number of rotatable bonds is 12. The smallest absolute Gasteiger partial charge is 0.352 e. The number of oxime groups is 1. The Bertz CT molecular complexity index is 1850. The quantitative estimate of drug-likeness (QED) is 0.0266. The highest BCUT2D eigenvalue weighted by molar-refractivity contribution is 8.01. The van der Waals surface area contributed by atoms with Gasteiger partial charge in [-0.25, -0.2) is 25.2 Å². The van der Waals surface area contributed by atoms with Gasteiger partial charge in [-0.2, -0.15) is 0 Å². The third kappa shape index (κ3) is 7.00. The number of hydrogen-bond donors (Lipinski definition) is 7. The molecule has 3 atom stereocenters. The van der Waals surface area contributed by atoms with Crippen molar-refractivity contribution in [3.05, 3.63) is 52.6 Å². The van der Waals surface area contributed by atoms with Gasteiger partial charge in [0.15, 0.2) is 22.3 Å². The van der Waals surface area contributed by atoms with Crippen LogP contribution >= 0.6 is 34.9 Å². The number of thioether (sulfide) groups is 2. The summed E-state index contributed by atoms with van der Waals surface area (Å²) in [6.07, 6.45) is 0.425. The molecule has 3 aromatic rings. The lowest BCUT2D eigenvalue weighted by Gasteiger charge is -2.49. The van der Waals surface area contributed by atoms with Gasteiger partial charge in [0.2, 0.25) is 6.10 Å². The number of aliphatic carboxylic acids is 1. The highest BCUT2D eigenvalue weighted by atomic mass is 32.2. The molecule has 0 spiro atoms. The van der Waals surface area contributed by atoms with Gasteiger partial charge in [0.1, 0.15) is 33.7 Å². The number of carbonyl (C=O) groups excluding carboxylic acids is 3. The van der Waals surface area contributed by atoms with E-state index in [2.05, 4.69) is 25.4 Å². The Balaban J connectivity index is 1.34. The Kier molecular flexibility index (Phi) is 10.4. The molecule has 1 unspecified atom stereocenters. The van der Waals surface area contributed by atoms with E-state index in [0.29, 0.717) is 27.6 Å². The number of phenolic OH excluding ortho intramolecular Hbond substituents is 2. The normalized spacial score (nSPS) is 18.1. The highest BCUT2D eigenvalue weighted by Crippen LogP contribution is 2.42. The number of benzene rings is 1. The van der Waals surface area contributed by atoms with E-state index in [4.69, 9.17) is 15.8 Å². The number of carboxylic acids is 1. The maximum absolute atomic E-state index is 13.4. The van der Waals surface area contributed by atoms with Crippen LogP contribution in [-0.4, -0.2) is 98.8 Å². The van der Waals surface area contributed by atoms with Crippen LogP contribution in [0.3, 0.4) is 0 Å². The van der Waals surface area contributed by atoms with Crippen molar-refractivity contribution in [3.8, 4) is 22.6 Å². The molecule has 1 saturated heterocycles. The SMILES string of the molecule is CCC(O/N=C(\C(=O)N[C@@H]1C(=O)N2C(C(=O)O)=C(CSc3nc(C)ncc3-c3ccc(O)c(O)c3)CS[C@H]12)c1csc(N)n1)C(=O)NO. The molecule has 17 nitrogen and oxygen atoms in total. The molecule has 20 heteroatoms. The van der Waals surface area contributed by atoms with Gasteiger partial charge in [0, 0.05) is 28.6 Å². The summed E-state index contributed by atoms with van der Waals surface area (Å²) in [4.78, 5) is 70.1. The monoisotopic (exact) mass is 716 g/mol. The van der Waals surface area contributed by atoms with Gasteiger partial charge in [-0.1, -0.05) is 18.1 Å². The average Bonchev–Trinajstić information content (AvgIpc) is 3.50. The lowest BCUT2D eigenvalue weighted by molar-refractivity contribution is -0.150. The fourth-order valence-corrected chi connectivity index (χ4v) is 7.80. The summed E-state index contributed by atoms with van der Waals surface area (Å²) in [5, 5.41) is 46.5. The van der Waals surface area contributed by atoms with Crippen molar-refractivity contribution in [1.82, 2.24) is 30.6 Å². The van der Waals surface area contributed by atoms with E-state index in [9.17, 15) is 34.5 Å². The predicted molar refractivity (Wildman–Crippen MR) is 174 cm³/mol. The molecular weight excluding hydrogens is 689 g/mol. The summed E-state index contributed by atoms with van der Waals surface area (Å²) in [6, 6.07) is 3.16. The molecule has 1 fully saturated rings. The van der Waals surface area contributed by atoms with E-state index in [1.54, 1.807) is 26.1 Å². The van der Waals surface area contributed by atoms with Crippen LogP contribution in [-0.2, 0) is 24.0 Å². The van der Waals surface area contributed by atoms with Crippen LogP contribution in [0.4, 0.5) is 5.13 Å². The number of phenols is 2. The molecule has 48 heavy (non-hydrogen) atoms. The number of nitrogens with zero attached hydrogens (tertiary/aromatic N) is 5. The van der Waals surface area contributed by atoms with Gasteiger partial charge >= 0.3 is 5.97 Å². The second-order valence-corrected chi connectivity index (χ2v) is 13.2. The minimum atomic E-state index is -1.32. The summed E-state index contributed by atoms with van der Waals surface area (Å²) < 4.78 is 0. The molecular formula is C28H28N8O9S3. The van der Waals surface area contributed by atoms with Crippen LogP contribution in [0.25, 0.3) is 11.1 Å². The van der Waals surface area contributed by atoms with Gasteiger partial charge in [-0.15, -0.1) is 34.9 Å². The maximum atomic E-state index is 13.4. The average molecular weight is 717 g/mol. The van der Waals surface area contributed by atoms with Crippen molar-refractivity contribution < 1.29 is 44.5 Å². The summed E-state index contributed by atoms with van der Waals surface area (Å²) in [7, 11) is 0. The van der Waals surface area contributed by atoms with Crippen molar-refractivity contribution in [2.24, 2.45) is 5.16 Å². The molecule has 0 aliphatic carbocycles. The van der Waals surface area contributed by atoms with Crippen molar-refractivity contribution in [2.45, 2.75) is 42.8 Å². The molecule has 0 bridgehead atoms. The number of hydroxylamine groups is 1. The molecule has 8 N–H and O–H groups in total. The van der Waals surface area contributed by atoms with E-state index in [-0.39, 0.29) is 51.7 Å². The molecule has 2 aromatic heterocycles. The largest absolute Gasteiger partial charge is 0.504 e. The lowest BCUT2D eigenvalue weighted by atomic mass is 10.0. The number of aromatic hydroxyl groups is 2. The topological polar surface area (TPSA) is 263 Å². The van der Waals surface area contributed by atoms with Crippen molar-refractivity contribution in [2.75, 3.05) is 17.2 Å². The van der Waals surface area contributed by atoms with Gasteiger partial charge < -0.3 is 31.2 Å². The van der Waals surface area contributed by atoms with Crippen LogP contribution in [0.2, 0.25) is 0 Å². The highest BCUT2D eigenvalue weighted by Gasteiger charge is 2.54. The van der Waals surface area contributed by atoms with Crippen LogP contribution in [0, 0.1) is 6.92 Å². The van der Waals surface area contributed by atoms with E-state index >= 15 is 0 Å². The Labute approximate surface area is 284 Å². The fraction of sp³-hybridized carbons (Fsp3) is 0.286. The second kappa shape index (κ2) is 14.5. The van der Waals surface area contributed by atoms with Crippen molar-refractivity contribution in [1.29, 1.82) is 0 Å². The molecule has 1 aromatic carbocycles. The van der Waals surface area contributed by atoms with Gasteiger partial charge in [0.25, 0.3) is 17.7 Å². The maximum Gasteiger partial charge on any atom is 0.352 e. The third-order valence-corrected chi connectivity index (χ3v) is 10.2. The van der Waals surface area contributed by atoms with Crippen LogP contribution in [0.15, 0.2) is 51.2 Å². The zero-order valence-electron chi connectivity index (χ0n) is 25.1. The minimum Gasteiger partial charge on any atom is -0.504 e. The Morgan fingerprint density at radius 2 is 2.02 bits per heavy atom. The molecule has 252 valence electrons. The molecule has 2 aliphatic rings. The number of carbonyl (C=O) groups is 4. The van der Waals surface area contributed by atoms with Crippen molar-refractivity contribution in [3.63, 3.8) is 0 Å². The zero-order chi connectivity index (χ0) is 34.7. The van der Waals surface area contributed by atoms with Crippen LogP contribution in [0.5, 0.6) is 11.5 Å². The first-order valence-electron chi connectivity index (χ1n) is 14.0. The number of aromatic nitrogens is 3. The Morgan fingerprint density at radius 1 is 1.25 bits per heavy atom. The number of thiazole rings is 1. The van der Waals surface area contributed by atoms with E-state index < -0.39 is 41.2 Å². The number of fused-ring (bicyclic) bond motifs is 1. The standard InChI is InChI=1S/C28H28N8O9S3/c1-3-18(22(39)34-44)45-35-19(15-10-48-28(29)32-15)23(40)33-20-25(41)36-21(27(42)43)13(9-47-26(20)36)8-46-24-14(7-30-11(2)31-24)12-4-5-16(37)17(38)6-12/h4-7,10,18,20,26,37-38,44H,3,8-9H2,1-2H3,(H2,29,32)(H,33,40)(H,34,39)(H,42,43)/b35-19-/t18?,20-,26-/m1/s1. The number of carboxylic acid groups (broad SMARTS) is 1. The van der Waals surface area contributed by atoms with E-state index in [1.807, 2.05) is 0 Å². The van der Waals surface area contributed by atoms with E-state index in [0.717, 1.165) is 16.2 Å². The lowest BCUT2D eigenvalue weighted by Crippen LogP contribution is -2.71. The first-order chi connectivity index (χ1) is 22.9. The number of amides is 3. The molecule has 2 aliphatic heterocycles. The van der Waals surface area contributed by atoms with Gasteiger partial charge in [0.05, 0.1) is 0 Å². The van der Waals surface area contributed by atoms with Gasteiger partial charge in [-0.3, -0.25) is 24.5 Å². The van der Waals surface area contributed by atoms with Crippen molar-refractivity contribution >= 4 is 69.4 Å². The van der Waals surface area contributed by atoms with Gasteiger partial charge in [-0.05, 0) is 36.6 Å². The van der Waals surface area contributed by atoms with Crippen LogP contribution < -0.4 is 16.5 Å². The summed E-state index contributed by atoms with van der Waals surface area (Å²) >= 11 is 3.49. The van der Waals surface area contributed by atoms with Crippen LogP contribution in [0.1, 0.15) is 24.9 Å². The third-order valence-electron chi connectivity index (χ3n) is 7.10. The summed E-state index contributed by atoms with van der Waals surface area (Å²) in [5.74, 6) is -3.55. The Morgan fingerprint density at radius 3 is 2.67 bits per heavy atom. The Hall–Kier alpha value is -4.92. The molecule has 0 saturated carbocycles. The number of aryl methyl sites for hydroxylation is 1. The molecule has 3 amide bonds. The number of β-lactam (4-membered cyclic amide) rings is 1. The first kappa shape index (κ1) is 34.4. The first-order valence-corrected chi connectivity index (χ1v) is 16.9. The second-order valence-electron chi connectivity index (χ2n) is 10.2. The number of nitrogens with one attached hydrogen (secondary N) is 2. The number of nitrogen functional groups attached to an aromatic ring is 1. The fourth-order valence-electron chi connectivity index (χ4n) is 4.70. The predicted octanol–water partition coefficient (Wildman–Crippen LogP) is 1.44.